The Morgan fingerprint density at radius 1 is 1.26 bits per heavy atom. The van der Waals surface area contributed by atoms with Crippen molar-refractivity contribution >= 4 is 23.4 Å². The van der Waals surface area contributed by atoms with Gasteiger partial charge in [-0.05, 0) is 56.0 Å². The molecule has 2 heterocycles. The molecule has 27 heavy (non-hydrogen) atoms. The van der Waals surface area contributed by atoms with Gasteiger partial charge >= 0.3 is 0 Å². The van der Waals surface area contributed by atoms with Gasteiger partial charge in [0.05, 0.1) is 5.56 Å². The highest BCUT2D eigenvalue weighted by Gasteiger charge is 2.28. The lowest BCUT2D eigenvalue weighted by molar-refractivity contribution is -0.134. The molecule has 2 atom stereocenters. The molecular formula is C20H27ClFN3O2. The van der Waals surface area contributed by atoms with Crippen LogP contribution in [0.2, 0.25) is 5.02 Å². The van der Waals surface area contributed by atoms with Crippen molar-refractivity contribution in [2.24, 2.45) is 11.8 Å². The number of piperazine rings is 1. The normalized spacial score (nSPS) is 21.8. The number of benzene rings is 1. The highest BCUT2D eigenvalue weighted by Crippen LogP contribution is 2.24. The van der Waals surface area contributed by atoms with E-state index in [0.29, 0.717) is 44.4 Å². The van der Waals surface area contributed by atoms with Crippen LogP contribution < -0.4 is 5.32 Å². The third-order valence-corrected chi connectivity index (χ3v) is 5.95. The van der Waals surface area contributed by atoms with Crippen molar-refractivity contribution in [3.8, 4) is 0 Å². The lowest BCUT2D eigenvalue weighted by Gasteiger charge is -2.36. The summed E-state index contributed by atoms with van der Waals surface area (Å²) >= 11 is 5.75. The summed E-state index contributed by atoms with van der Waals surface area (Å²) in [6.45, 7) is 6.05. The Morgan fingerprint density at radius 3 is 2.59 bits per heavy atom. The smallest absolute Gasteiger partial charge is 0.256 e. The average molecular weight is 396 g/mol. The van der Waals surface area contributed by atoms with Crippen LogP contribution in [-0.4, -0.2) is 60.9 Å². The Balaban J connectivity index is 1.50. The molecule has 2 aliphatic heterocycles. The van der Waals surface area contributed by atoms with Crippen LogP contribution in [0.5, 0.6) is 0 Å². The van der Waals surface area contributed by atoms with Gasteiger partial charge in [-0.2, -0.15) is 0 Å². The maximum absolute atomic E-state index is 14.0. The molecule has 0 spiro atoms. The molecule has 0 aromatic heterocycles. The summed E-state index contributed by atoms with van der Waals surface area (Å²) in [5, 5.41) is 3.67. The fourth-order valence-electron chi connectivity index (χ4n) is 3.93. The molecule has 0 bridgehead atoms. The zero-order valence-electron chi connectivity index (χ0n) is 15.7. The molecule has 148 valence electrons. The summed E-state index contributed by atoms with van der Waals surface area (Å²) in [4.78, 5) is 28.6. The van der Waals surface area contributed by atoms with Crippen LogP contribution >= 0.6 is 11.6 Å². The third kappa shape index (κ3) is 4.99. The predicted molar refractivity (Wildman–Crippen MR) is 103 cm³/mol. The van der Waals surface area contributed by atoms with Crippen molar-refractivity contribution in [2.75, 3.05) is 39.3 Å². The van der Waals surface area contributed by atoms with Crippen molar-refractivity contribution in [3.05, 3.63) is 34.6 Å². The van der Waals surface area contributed by atoms with E-state index in [9.17, 15) is 14.0 Å². The lowest BCUT2D eigenvalue weighted by atomic mass is 9.85. The maximum Gasteiger partial charge on any atom is 0.256 e. The molecule has 1 aromatic carbocycles. The quantitative estimate of drug-likeness (QED) is 0.852. The molecule has 0 aliphatic carbocycles. The molecule has 3 rings (SSSR count). The zero-order chi connectivity index (χ0) is 19.4. The van der Waals surface area contributed by atoms with Crippen molar-refractivity contribution in [1.29, 1.82) is 0 Å². The fourth-order valence-corrected chi connectivity index (χ4v) is 4.09. The Bertz CT molecular complexity index is 686. The van der Waals surface area contributed by atoms with E-state index in [4.69, 9.17) is 11.6 Å². The second kappa shape index (κ2) is 9.02. The van der Waals surface area contributed by atoms with Gasteiger partial charge in [-0.1, -0.05) is 18.5 Å². The predicted octanol–water partition coefficient (Wildman–Crippen LogP) is 2.79. The molecule has 2 fully saturated rings. The second-order valence-electron chi connectivity index (χ2n) is 7.58. The minimum absolute atomic E-state index is 0.0256. The average Bonchev–Trinajstić information content (AvgIpc) is 2.68. The van der Waals surface area contributed by atoms with E-state index in [1.165, 1.54) is 25.0 Å². The van der Waals surface area contributed by atoms with E-state index < -0.39 is 5.82 Å². The first-order valence-corrected chi connectivity index (χ1v) is 10.1. The van der Waals surface area contributed by atoms with Crippen LogP contribution in [0.1, 0.15) is 36.5 Å². The fraction of sp³-hybridized carbons (Fsp3) is 0.600. The van der Waals surface area contributed by atoms with E-state index in [1.54, 1.807) is 4.90 Å². The molecule has 2 amide bonds. The Labute approximate surface area is 164 Å². The zero-order valence-corrected chi connectivity index (χ0v) is 16.5. The number of carbonyl (C=O) groups excluding carboxylic acids is 2. The largest absolute Gasteiger partial charge is 0.339 e. The van der Waals surface area contributed by atoms with Gasteiger partial charge in [0.25, 0.3) is 5.91 Å². The maximum atomic E-state index is 14.0. The summed E-state index contributed by atoms with van der Waals surface area (Å²) < 4.78 is 14.0. The van der Waals surface area contributed by atoms with Gasteiger partial charge in [0.2, 0.25) is 5.91 Å². The van der Waals surface area contributed by atoms with E-state index >= 15 is 0 Å². The lowest BCUT2D eigenvalue weighted by Crippen LogP contribution is -2.51. The Kier molecular flexibility index (Phi) is 6.71. The molecule has 2 aliphatic rings. The number of nitrogens with zero attached hydrogens (tertiary/aromatic N) is 2. The van der Waals surface area contributed by atoms with Gasteiger partial charge in [0, 0.05) is 37.6 Å². The summed E-state index contributed by atoms with van der Waals surface area (Å²) in [6.07, 6.45) is 2.90. The van der Waals surface area contributed by atoms with E-state index in [1.807, 2.05) is 4.90 Å². The monoisotopic (exact) mass is 395 g/mol. The number of piperidine rings is 1. The minimum atomic E-state index is -0.610. The number of carbonyl (C=O) groups is 2. The van der Waals surface area contributed by atoms with Crippen LogP contribution in [0.3, 0.4) is 0 Å². The SMILES string of the molecule is CC(CC(=O)N1CCN(C(=O)c2ccc(Cl)cc2F)CC1)C1CCCNC1. The van der Waals surface area contributed by atoms with Crippen LogP contribution in [0, 0.1) is 17.7 Å². The number of amides is 2. The summed E-state index contributed by atoms with van der Waals surface area (Å²) in [5.41, 5.74) is 0.0256. The molecule has 2 unspecified atom stereocenters. The second-order valence-corrected chi connectivity index (χ2v) is 8.02. The molecule has 1 aromatic rings. The standard InChI is InChI=1S/C20H27ClFN3O2/c1-14(15-3-2-6-23-13-15)11-19(26)24-7-9-25(10-8-24)20(27)17-5-4-16(21)12-18(17)22/h4-5,12,14-15,23H,2-3,6-11,13H2,1H3. The third-order valence-electron chi connectivity index (χ3n) is 5.72. The summed E-state index contributed by atoms with van der Waals surface area (Å²) in [6, 6.07) is 4.08. The number of hydrogen-bond donors (Lipinski definition) is 1. The molecule has 7 heteroatoms. The van der Waals surface area contributed by atoms with Crippen molar-refractivity contribution < 1.29 is 14.0 Å². The first kappa shape index (κ1) is 20.1. The van der Waals surface area contributed by atoms with E-state index in [2.05, 4.69) is 12.2 Å². The first-order valence-electron chi connectivity index (χ1n) is 9.68. The minimum Gasteiger partial charge on any atom is -0.339 e. The van der Waals surface area contributed by atoms with Gasteiger partial charge in [-0.15, -0.1) is 0 Å². The van der Waals surface area contributed by atoms with Crippen molar-refractivity contribution in [1.82, 2.24) is 15.1 Å². The van der Waals surface area contributed by atoms with Gasteiger partial charge in [0.1, 0.15) is 5.82 Å². The number of hydrogen-bond acceptors (Lipinski definition) is 3. The molecule has 0 saturated carbocycles. The van der Waals surface area contributed by atoms with Gasteiger partial charge < -0.3 is 15.1 Å². The molecule has 0 radical (unpaired) electrons. The van der Waals surface area contributed by atoms with Crippen LogP contribution in [0.4, 0.5) is 4.39 Å². The van der Waals surface area contributed by atoms with Crippen LogP contribution in [-0.2, 0) is 4.79 Å². The molecular weight excluding hydrogens is 369 g/mol. The highest BCUT2D eigenvalue weighted by atomic mass is 35.5. The Morgan fingerprint density at radius 2 is 1.96 bits per heavy atom. The van der Waals surface area contributed by atoms with E-state index in [-0.39, 0.29) is 22.4 Å². The Hall–Kier alpha value is -1.66. The van der Waals surface area contributed by atoms with Crippen LogP contribution in [0.15, 0.2) is 18.2 Å². The van der Waals surface area contributed by atoms with Crippen LogP contribution in [0.25, 0.3) is 0 Å². The number of nitrogens with one attached hydrogen (secondary N) is 1. The number of rotatable bonds is 4. The van der Waals surface area contributed by atoms with Crippen molar-refractivity contribution in [3.63, 3.8) is 0 Å². The topological polar surface area (TPSA) is 52.7 Å². The summed E-state index contributed by atoms with van der Waals surface area (Å²) in [5.74, 6) is 0.100. The highest BCUT2D eigenvalue weighted by molar-refractivity contribution is 6.30. The first-order chi connectivity index (χ1) is 13.0. The van der Waals surface area contributed by atoms with Gasteiger partial charge in [0.15, 0.2) is 0 Å². The van der Waals surface area contributed by atoms with Gasteiger partial charge in [-0.3, -0.25) is 9.59 Å². The van der Waals surface area contributed by atoms with Crippen molar-refractivity contribution in [2.45, 2.75) is 26.2 Å². The van der Waals surface area contributed by atoms with E-state index in [0.717, 1.165) is 19.2 Å². The van der Waals surface area contributed by atoms with Gasteiger partial charge in [-0.25, -0.2) is 4.39 Å². The molecule has 2 saturated heterocycles. The number of halogens is 2. The summed E-state index contributed by atoms with van der Waals surface area (Å²) in [7, 11) is 0. The molecule has 1 N–H and O–H groups in total. The molecule has 5 nitrogen and oxygen atoms in total.